The van der Waals surface area contributed by atoms with Gasteiger partial charge in [-0.2, -0.15) is 0 Å². The summed E-state index contributed by atoms with van der Waals surface area (Å²) in [6, 6.07) is 6.58. The van der Waals surface area contributed by atoms with Crippen molar-refractivity contribution in [3.63, 3.8) is 0 Å². The fourth-order valence-electron chi connectivity index (χ4n) is 4.02. The molecule has 2 aromatic rings. The number of aromatic amines is 1. The number of hydrogen-bond acceptors (Lipinski definition) is 2. The van der Waals surface area contributed by atoms with E-state index in [9.17, 15) is 4.79 Å². The third-order valence-electron chi connectivity index (χ3n) is 5.32. The van der Waals surface area contributed by atoms with Gasteiger partial charge in [-0.1, -0.05) is 22.0 Å². The smallest absolute Gasteiger partial charge is 0.251 e. The van der Waals surface area contributed by atoms with E-state index in [4.69, 9.17) is 0 Å². The second-order valence-electron chi connectivity index (χ2n) is 6.95. The molecule has 0 spiro atoms. The number of nitrogens with one attached hydrogen (secondary N) is 1. The summed E-state index contributed by atoms with van der Waals surface area (Å²) < 4.78 is 0. The van der Waals surface area contributed by atoms with Crippen molar-refractivity contribution in [1.82, 2.24) is 9.88 Å². The summed E-state index contributed by atoms with van der Waals surface area (Å²) in [6.07, 6.45) is 6.79. The van der Waals surface area contributed by atoms with Crippen LogP contribution in [0.4, 0.5) is 0 Å². The number of nitrogens with zero attached hydrogens (tertiary/aromatic N) is 1. The first-order valence-electron chi connectivity index (χ1n) is 8.74. The largest absolute Gasteiger partial charge is 0.322 e. The van der Waals surface area contributed by atoms with Crippen LogP contribution in [0, 0.1) is 0 Å². The molecule has 1 aromatic carbocycles. The van der Waals surface area contributed by atoms with Gasteiger partial charge in [0.25, 0.3) is 5.56 Å². The van der Waals surface area contributed by atoms with Crippen molar-refractivity contribution in [1.29, 1.82) is 0 Å². The molecule has 0 amide bonds. The van der Waals surface area contributed by atoms with Crippen LogP contribution in [0.2, 0.25) is 0 Å². The van der Waals surface area contributed by atoms with E-state index in [-0.39, 0.29) is 5.56 Å². The van der Waals surface area contributed by atoms with Crippen molar-refractivity contribution in [2.45, 2.75) is 49.9 Å². The van der Waals surface area contributed by atoms with Crippen molar-refractivity contribution in [2.24, 2.45) is 0 Å². The zero-order valence-electron chi connectivity index (χ0n) is 13.4. The number of H-pyrrole nitrogens is 1. The number of halogens is 1. The second kappa shape index (κ2) is 6.40. The number of likely N-dealkylation sites (tertiary alicyclic amines) is 1. The lowest BCUT2D eigenvalue weighted by Gasteiger charge is -2.29. The average Bonchev–Trinajstić information content (AvgIpc) is 2.58. The molecule has 1 N–H and O–H groups in total. The highest BCUT2D eigenvalue weighted by Gasteiger charge is 2.19. The Morgan fingerprint density at radius 2 is 1.87 bits per heavy atom. The number of piperidine rings is 1. The van der Waals surface area contributed by atoms with E-state index in [2.05, 4.69) is 44.0 Å². The topological polar surface area (TPSA) is 36.1 Å². The molecule has 4 rings (SSSR count). The van der Waals surface area contributed by atoms with Crippen molar-refractivity contribution < 1.29 is 0 Å². The predicted molar refractivity (Wildman–Crippen MR) is 98.4 cm³/mol. The Labute approximate surface area is 145 Å². The molecule has 1 saturated heterocycles. The van der Waals surface area contributed by atoms with Crippen molar-refractivity contribution in [2.75, 3.05) is 13.1 Å². The fraction of sp³-hybridized carbons (Fsp3) is 0.526. The molecule has 0 unspecified atom stereocenters. The Morgan fingerprint density at radius 3 is 2.65 bits per heavy atom. The molecule has 2 heterocycles. The number of hydrogen-bond donors (Lipinski definition) is 1. The van der Waals surface area contributed by atoms with E-state index in [0.29, 0.717) is 4.83 Å². The van der Waals surface area contributed by atoms with Crippen LogP contribution < -0.4 is 5.56 Å². The first kappa shape index (κ1) is 15.4. The molecular formula is C19H23BrN2O. The molecule has 2 aliphatic rings. The summed E-state index contributed by atoms with van der Waals surface area (Å²) in [7, 11) is 0. The lowest BCUT2D eigenvalue weighted by molar-refractivity contribution is 0.226. The molecule has 0 bridgehead atoms. The molecule has 4 heteroatoms. The fourth-order valence-corrected chi connectivity index (χ4v) is 4.43. The zero-order chi connectivity index (χ0) is 15.8. The number of aromatic nitrogens is 1. The van der Waals surface area contributed by atoms with Gasteiger partial charge in [0.05, 0.1) is 0 Å². The quantitative estimate of drug-likeness (QED) is 0.812. The summed E-state index contributed by atoms with van der Waals surface area (Å²) in [5.74, 6) is 0. The lowest BCUT2D eigenvalue weighted by atomic mass is 9.89. The number of rotatable bonds is 2. The third kappa shape index (κ3) is 3.11. The van der Waals surface area contributed by atoms with Gasteiger partial charge in [0.15, 0.2) is 0 Å². The minimum absolute atomic E-state index is 0.124. The van der Waals surface area contributed by atoms with E-state index in [1.165, 1.54) is 35.8 Å². The SMILES string of the molecule is O=c1[nH]c2ccc(CN3CCC(Br)CC3)cc2c2c1CCCC2. The molecule has 3 nitrogen and oxygen atoms in total. The monoisotopic (exact) mass is 374 g/mol. The van der Waals surface area contributed by atoms with Crippen molar-refractivity contribution >= 4 is 26.8 Å². The molecule has 1 aromatic heterocycles. The van der Waals surface area contributed by atoms with Crippen LogP contribution in [0.1, 0.15) is 42.4 Å². The molecule has 1 aliphatic carbocycles. The highest BCUT2D eigenvalue weighted by atomic mass is 79.9. The van der Waals surface area contributed by atoms with E-state index >= 15 is 0 Å². The average molecular weight is 375 g/mol. The Balaban J connectivity index is 1.67. The van der Waals surface area contributed by atoms with E-state index in [1.807, 2.05) is 0 Å². The van der Waals surface area contributed by atoms with Gasteiger partial charge in [0.1, 0.15) is 0 Å². The maximum Gasteiger partial charge on any atom is 0.251 e. The van der Waals surface area contributed by atoms with Crippen LogP contribution in [0.15, 0.2) is 23.0 Å². The third-order valence-corrected chi connectivity index (χ3v) is 6.24. The Bertz CT molecular complexity index is 775. The highest BCUT2D eigenvalue weighted by molar-refractivity contribution is 9.09. The first-order valence-corrected chi connectivity index (χ1v) is 9.65. The van der Waals surface area contributed by atoms with Crippen LogP contribution in [-0.4, -0.2) is 27.8 Å². The minimum atomic E-state index is 0.124. The van der Waals surface area contributed by atoms with Crippen LogP contribution in [0.3, 0.4) is 0 Å². The van der Waals surface area contributed by atoms with Crippen LogP contribution >= 0.6 is 15.9 Å². The molecule has 0 atom stereocenters. The van der Waals surface area contributed by atoms with Gasteiger partial charge < -0.3 is 4.98 Å². The Kier molecular flexibility index (Phi) is 4.29. The van der Waals surface area contributed by atoms with Crippen LogP contribution in [0.25, 0.3) is 10.9 Å². The number of benzene rings is 1. The standard InChI is InChI=1S/C19H23BrN2O/c20-14-7-9-22(10-8-14)12-13-5-6-18-17(11-13)15-3-1-2-4-16(15)19(23)21-18/h5-6,11,14H,1-4,7-10,12H2,(H,21,23). The summed E-state index contributed by atoms with van der Waals surface area (Å²) in [5.41, 5.74) is 4.82. The van der Waals surface area contributed by atoms with Crippen LogP contribution in [-0.2, 0) is 19.4 Å². The number of aryl methyl sites for hydroxylation is 1. The maximum atomic E-state index is 12.2. The molecule has 122 valence electrons. The molecule has 1 aliphatic heterocycles. The minimum Gasteiger partial charge on any atom is -0.322 e. The van der Waals surface area contributed by atoms with Gasteiger partial charge in [-0.3, -0.25) is 9.69 Å². The van der Waals surface area contributed by atoms with Gasteiger partial charge in [-0.05, 0) is 74.9 Å². The molecule has 0 radical (unpaired) electrons. The molecule has 23 heavy (non-hydrogen) atoms. The molecule has 0 saturated carbocycles. The van der Waals surface area contributed by atoms with Crippen molar-refractivity contribution in [3.05, 3.63) is 45.2 Å². The number of fused-ring (bicyclic) bond motifs is 3. The second-order valence-corrected chi connectivity index (χ2v) is 8.24. The van der Waals surface area contributed by atoms with Gasteiger partial charge >= 0.3 is 0 Å². The predicted octanol–water partition coefficient (Wildman–Crippen LogP) is 3.77. The summed E-state index contributed by atoms with van der Waals surface area (Å²) in [6.45, 7) is 3.35. The zero-order valence-corrected chi connectivity index (χ0v) is 15.0. The Hall–Kier alpha value is -1.13. The van der Waals surface area contributed by atoms with E-state index in [0.717, 1.165) is 50.0 Å². The van der Waals surface area contributed by atoms with Gasteiger partial charge in [-0.15, -0.1) is 0 Å². The van der Waals surface area contributed by atoms with Crippen LogP contribution in [0.5, 0.6) is 0 Å². The molecule has 1 fully saturated rings. The maximum absolute atomic E-state index is 12.2. The number of alkyl halides is 1. The van der Waals surface area contributed by atoms with Gasteiger partial charge in [-0.25, -0.2) is 0 Å². The summed E-state index contributed by atoms with van der Waals surface area (Å²) >= 11 is 3.72. The van der Waals surface area contributed by atoms with Gasteiger partial charge in [0.2, 0.25) is 0 Å². The normalized spacial score (nSPS) is 19.9. The number of pyridine rings is 1. The van der Waals surface area contributed by atoms with E-state index in [1.54, 1.807) is 0 Å². The highest BCUT2D eigenvalue weighted by Crippen LogP contribution is 2.27. The lowest BCUT2D eigenvalue weighted by Crippen LogP contribution is -2.33. The van der Waals surface area contributed by atoms with Crippen molar-refractivity contribution in [3.8, 4) is 0 Å². The Morgan fingerprint density at radius 1 is 1.13 bits per heavy atom. The molecular weight excluding hydrogens is 352 g/mol. The van der Waals surface area contributed by atoms with E-state index < -0.39 is 0 Å². The summed E-state index contributed by atoms with van der Waals surface area (Å²) in [4.78, 5) is 18.5. The first-order chi connectivity index (χ1) is 11.2. The summed E-state index contributed by atoms with van der Waals surface area (Å²) in [5, 5.41) is 1.27. The van der Waals surface area contributed by atoms with Gasteiger partial charge in [0, 0.05) is 27.8 Å².